The molecule has 0 spiro atoms. The lowest BCUT2D eigenvalue weighted by atomic mass is 10.2. The Labute approximate surface area is 231 Å². The number of nitrogens with one attached hydrogen (secondary N) is 1. The average molecular weight is 580 g/mol. The first-order valence-electron chi connectivity index (χ1n) is 11.6. The molecule has 14 heteroatoms. The van der Waals surface area contributed by atoms with Crippen molar-refractivity contribution >= 4 is 57.7 Å². The Morgan fingerprint density at radius 3 is 2.28 bits per heavy atom. The summed E-state index contributed by atoms with van der Waals surface area (Å²) in [6.45, 7) is 4.16. The molecule has 2 aromatic carbocycles. The van der Waals surface area contributed by atoms with Gasteiger partial charge in [-0.05, 0) is 35.9 Å². The Hall–Kier alpha value is -3.74. The summed E-state index contributed by atoms with van der Waals surface area (Å²) in [7, 11) is 0. The highest BCUT2D eigenvalue weighted by Crippen LogP contribution is 2.29. The van der Waals surface area contributed by atoms with Crippen LogP contribution in [0, 0.1) is 0 Å². The lowest BCUT2D eigenvalue weighted by Gasteiger charge is -2.36. The molecule has 0 saturated carbocycles. The molecule has 0 atom stereocenters. The number of piperazine rings is 1. The Kier molecular flexibility index (Phi) is 9.00. The van der Waals surface area contributed by atoms with Crippen molar-refractivity contribution in [2.24, 2.45) is 0 Å². The minimum atomic E-state index is -5.08. The molecule has 1 aliphatic heterocycles. The quantitative estimate of drug-likeness (QED) is 0.320. The fraction of sp³-hybridized carbons (Fsp3) is 0.240. The van der Waals surface area contributed by atoms with E-state index >= 15 is 0 Å². The molecule has 2 aromatic heterocycles. The minimum Gasteiger partial charge on any atom is -0.475 e. The number of halogens is 5. The summed E-state index contributed by atoms with van der Waals surface area (Å²) in [6, 6.07) is 13.5. The maximum Gasteiger partial charge on any atom is 0.490 e. The van der Waals surface area contributed by atoms with Gasteiger partial charge in [-0.15, -0.1) is 0 Å². The topological polar surface area (TPSA) is 107 Å². The maximum atomic E-state index is 10.6. The molecule has 0 amide bonds. The van der Waals surface area contributed by atoms with Gasteiger partial charge < -0.3 is 15.3 Å². The van der Waals surface area contributed by atoms with Gasteiger partial charge in [-0.1, -0.05) is 35.3 Å². The van der Waals surface area contributed by atoms with E-state index in [0.717, 1.165) is 60.2 Å². The third kappa shape index (κ3) is 7.65. The van der Waals surface area contributed by atoms with E-state index in [1.165, 1.54) is 0 Å². The minimum absolute atomic E-state index is 0.632. The summed E-state index contributed by atoms with van der Waals surface area (Å²) in [4.78, 5) is 31.7. The molecule has 204 valence electrons. The van der Waals surface area contributed by atoms with Crippen LogP contribution in [0.1, 0.15) is 5.56 Å². The predicted octanol–water partition coefficient (Wildman–Crippen LogP) is 5.43. The summed E-state index contributed by atoms with van der Waals surface area (Å²) >= 11 is 12.5. The molecule has 2 N–H and O–H groups in total. The van der Waals surface area contributed by atoms with Crippen LogP contribution < -0.4 is 10.2 Å². The van der Waals surface area contributed by atoms with Crippen LogP contribution in [-0.4, -0.2) is 68.3 Å². The van der Waals surface area contributed by atoms with E-state index in [1.54, 1.807) is 18.6 Å². The fourth-order valence-corrected chi connectivity index (χ4v) is 4.18. The highest BCUT2D eigenvalue weighted by atomic mass is 35.5. The van der Waals surface area contributed by atoms with Crippen LogP contribution in [0.15, 0.2) is 61.1 Å². The first kappa shape index (κ1) is 28.3. The number of alkyl halides is 3. The normalized spacial score (nSPS) is 14.0. The van der Waals surface area contributed by atoms with E-state index in [1.807, 2.05) is 42.5 Å². The van der Waals surface area contributed by atoms with Gasteiger partial charge in [0, 0.05) is 55.2 Å². The molecule has 1 saturated heterocycles. The highest BCUT2D eigenvalue weighted by Gasteiger charge is 2.38. The first-order chi connectivity index (χ1) is 18.6. The van der Waals surface area contributed by atoms with Crippen molar-refractivity contribution in [2.45, 2.75) is 12.7 Å². The second kappa shape index (κ2) is 12.4. The van der Waals surface area contributed by atoms with Gasteiger partial charge in [0.05, 0.1) is 17.2 Å². The number of para-hydroxylation sites is 2. The summed E-state index contributed by atoms with van der Waals surface area (Å²) in [5.41, 5.74) is 2.74. The van der Waals surface area contributed by atoms with Crippen LogP contribution in [0.2, 0.25) is 10.0 Å². The number of hydrogen-bond donors (Lipinski definition) is 2. The van der Waals surface area contributed by atoms with Gasteiger partial charge in [-0.25, -0.2) is 19.7 Å². The molecule has 0 aliphatic carbocycles. The highest BCUT2D eigenvalue weighted by molar-refractivity contribution is 6.33. The number of carboxylic acids is 1. The number of aliphatic carboxylic acids is 1. The second-order valence-electron chi connectivity index (χ2n) is 8.40. The van der Waals surface area contributed by atoms with Crippen LogP contribution in [0.3, 0.4) is 0 Å². The maximum absolute atomic E-state index is 10.6. The number of aromatic nitrogens is 4. The van der Waals surface area contributed by atoms with Gasteiger partial charge in [0.1, 0.15) is 5.82 Å². The Bertz CT molecular complexity index is 1440. The number of nitrogens with zero attached hydrogens (tertiary/aromatic N) is 6. The average Bonchev–Trinajstić information content (AvgIpc) is 2.91. The van der Waals surface area contributed by atoms with E-state index in [2.05, 4.69) is 25.1 Å². The number of carboxylic acid groups (broad SMARTS) is 1. The fourth-order valence-electron chi connectivity index (χ4n) is 3.80. The van der Waals surface area contributed by atoms with Crippen LogP contribution in [-0.2, 0) is 11.3 Å². The monoisotopic (exact) mass is 579 g/mol. The van der Waals surface area contributed by atoms with Crippen LogP contribution in [0.5, 0.6) is 0 Å². The summed E-state index contributed by atoms with van der Waals surface area (Å²) < 4.78 is 31.7. The van der Waals surface area contributed by atoms with Crippen molar-refractivity contribution < 1.29 is 23.1 Å². The van der Waals surface area contributed by atoms with Crippen molar-refractivity contribution in [1.29, 1.82) is 0 Å². The number of anilines is 3. The molecule has 0 radical (unpaired) electrons. The standard InChI is InChI=1S/C23H21Cl2N7.C2HF3O2/c24-17-5-6-18(25)16(13-17)15-31-9-11-32(12-10-31)23-22(30-21-14-26-7-8-27-21)28-19-3-1-2-4-20(19)29-23;3-2(4,5)1(6)7/h1-8,13-14H,9-12,15H2,(H,27,28,30);(H,6,7). The number of rotatable bonds is 5. The van der Waals surface area contributed by atoms with E-state index in [0.29, 0.717) is 16.7 Å². The SMILES string of the molecule is Clc1ccc(Cl)c(CN2CCN(c3nc4ccccc4nc3Nc3cnccn3)CC2)c1.O=C(O)C(F)(F)F. The lowest BCUT2D eigenvalue weighted by molar-refractivity contribution is -0.192. The Morgan fingerprint density at radius 1 is 1.00 bits per heavy atom. The van der Waals surface area contributed by atoms with Crippen molar-refractivity contribution in [3.8, 4) is 0 Å². The zero-order valence-corrected chi connectivity index (χ0v) is 21.7. The molecular formula is C25H22Cl2F3N7O2. The molecule has 1 fully saturated rings. The zero-order valence-electron chi connectivity index (χ0n) is 20.2. The van der Waals surface area contributed by atoms with Crippen molar-refractivity contribution in [3.63, 3.8) is 0 Å². The molecule has 4 aromatic rings. The van der Waals surface area contributed by atoms with Gasteiger partial charge >= 0.3 is 12.1 Å². The van der Waals surface area contributed by atoms with E-state index in [4.69, 9.17) is 43.1 Å². The Balaban J connectivity index is 0.000000448. The van der Waals surface area contributed by atoms with Gasteiger partial charge in [0.2, 0.25) is 0 Å². The number of benzene rings is 2. The molecule has 9 nitrogen and oxygen atoms in total. The predicted molar refractivity (Wildman–Crippen MR) is 142 cm³/mol. The molecule has 1 aliphatic rings. The number of fused-ring (bicyclic) bond motifs is 1. The lowest BCUT2D eigenvalue weighted by Crippen LogP contribution is -2.46. The van der Waals surface area contributed by atoms with E-state index in [9.17, 15) is 13.2 Å². The summed E-state index contributed by atoms with van der Waals surface area (Å²) in [6.07, 6.45) is -0.118. The molecule has 0 unspecified atom stereocenters. The number of carbonyl (C=O) groups is 1. The third-order valence-electron chi connectivity index (χ3n) is 5.68. The summed E-state index contributed by atoms with van der Waals surface area (Å²) in [5, 5.41) is 11.9. The van der Waals surface area contributed by atoms with E-state index in [-0.39, 0.29) is 0 Å². The van der Waals surface area contributed by atoms with Crippen LogP contribution in [0.4, 0.5) is 30.6 Å². The third-order valence-corrected chi connectivity index (χ3v) is 6.28. The molecule has 39 heavy (non-hydrogen) atoms. The van der Waals surface area contributed by atoms with Crippen molar-refractivity contribution in [2.75, 3.05) is 36.4 Å². The first-order valence-corrected chi connectivity index (χ1v) is 12.4. The largest absolute Gasteiger partial charge is 0.490 e. The van der Waals surface area contributed by atoms with E-state index < -0.39 is 12.1 Å². The van der Waals surface area contributed by atoms with Gasteiger partial charge in [0.15, 0.2) is 11.6 Å². The molecular weight excluding hydrogens is 558 g/mol. The van der Waals surface area contributed by atoms with Gasteiger partial charge in [0.25, 0.3) is 0 Å². The van der Waals surface area contributed by atoms with Crippen molar-refractivity contribution in [1.82, 2.24) is 24.8 Å². The van der Waals surface area contributed by atoms with Crippen LogP contribution >= 0.6 is 23.2 Å². The number of hydrogen-bond acceptors (Lipinski definition) is 8. The zero-order chi connectivity index (χ0) is 28.0. The van der Waals surface area contributed by atoms with Crippen molar-refractivity contribution in [3.05, 3.63) is 76.7 Å². The van der Waals surface area contributed by atoms with Gasteiger partial charge in [-0.2, -0.15) is 13.2 Å². The smallest absolute Gasteiger partial charge is 0.475 e. The molecule has 3 heterocycles. The van der Waals surface area contributed by atoms with Crippen LogP contribution in [0.25, 0.3) is 11.0 Å². The Morgan fingerprint density at radius 2 is 1.67 bits per heavy atom. The molecule has 0 bridgehead atoms. The van der Waals surface area contributed by atoms with Gasteiger partial charge in [-0.3, -0.25) is 9.88 Å². The second-order valence-corrected chi connectivity index (χ2v) is 9.25. The summed E-state index contributed by atoms with van der Waals surface area (Å²) in [5.74, 6) is -0.634. The molecule has 5 rings (SSSR count).